The third-order valence-corrected chi connectivity index (χ3v) is 5.41. The Morgan fingerprint density at radius 1 is 0.970 bits per heavy atom. The Kier molecular flexibility index (Phi) is 6.51. The summed E-state index contributed by atoms with van der Waals surface area (Å²) in [5.74, 6) is 0.0213. The van der Waals surface area contributed by atoms with Crippen LogP contribution in [0.2, 0.25) is 0 Å². The summed E-state index contributed by atoms with van der Waals surface area (Å²) < 4.78 is 11.3. The Balaban J connectivity index is 1.60. The van der Waals surface area contributed by atoms with Crippen LogP contribution in [0.1, 0.15) is 16.7 Å². The van der Waals surface area contributed by atoms with Crippen molar-refractivity contribution in [3.05, 3.63) is 95.1 Å². The van der Waals surface area contributed by atoms with Gasteiger partial charge in [-0.1, -0.05) is 54.1 Å². The Hall–Kier alpha value is -3.97. The van der Waals surface area contributed by atoms with Gasteiger partial charge in [0, 0.05) is 0 Å². The fourth-order valence-electron chi connectivity index (χ4n) is 3.38. The highest BCUT2D eigenvalue weighted by Gasteiger charge is 2.34. The van der Waals surface area contributed by atoms with E-state index in [2.05, 4.69) is 5.32 Å². The molecule has 0 bridgehead atoms. The minimum atomic E-state index is -0.545. The largest absolute Gasteiger partial charge is 0.493 e. The molecule has 166 valence electrons. The van der Waals surface area contributed by atoms with Crippen LogP contribution in [-0.2, 0) is 16.2 Å². The molecule has 1 aliphatic heterocycles. The third-order valence-electron chi connectivity index (χ3n) is 5.13. The van der Waals surface area contributed by atoms with Crippen LogP contribution in [0.3, 0.4) is 0 Å². The highest BCUT2D eigenvalue weighted by Crippen LogP contribution is 2.30. The summed E-state index contributed by atoms with van der Waals surface area (Å²) in [5, 5.41) is 2.64. The van der Waals surface area contributed by atoms with Crippen molar-refractivity contribution in [3.63, 3.8) is 0 Å². The normalized spacial score (nSPS) is 14.9. The van der Waals surface area contributed by atoms with Gasteiger partial charge in [-0.25, -0.2) is 0 Å². The zero-order valence-electron chi connectivity index (χ0n) is 18.2. The number of anilines is 1. The number of methoxy groups -OCH3 is 1. The molecule has 0 saturated carbocycles. The lowest BCUT2D eigenvalue weighted by molar-refractivity contribution is -0.122. The smallest absolute Gasteiger partial charge is 0.270 e. The number of rotatable bonds is 6. The van der Waals surface area contributed by atoms with E-state index in [1.165, 1.54) is 18.1 Å². The van der Waals surface area contributed by atoms with Crippen molar-refractivity contribution in [2.75, 3.05) is 12.0 Å². The van der Waals surface area contributed by atoms with Gasteiger partial charge in [-0.05, 0) is 60.6 Å². The molecule has 0 unspecified atom stereocenters. The van der Waals surface area contributed by atoms with Gasteiger partial charge in [0.05, 0.1) is 12.8 Å². The second kappa shape index (κ2) is 9.67. The maximum absolute atomic E-state index is 13.2. The molecule has 0 aliphatic carbocycles. The lowest BCUT2D eigenvalue weighted by Crippen LogP contribution is -2.54. The summed E-state index contributed by atoms with van der Waals surface area (Å²) >= 11 is 5.25. The van der Waals surface area contributed by atoms with Gasteiger partial charge in [0.25, 0.3) is 11.8 Å². The number of ether oxygens (including phenoxy) is 2. The van der Waals surface area contributed by atoms with E-state index in [0.717, 1.165) is 11.1 Å². The summed E-state index contributed by atoms with van der Waals surface area (Å²) in [6, 6.07) is 22.4. The molecule has 1 saturated heterocycles. The summed E-state index contributed by atoms with van der Waals surface area (Å²) in [4.78, 5) is 27.0. The summed E-state index contributed by atoms with van der Waals surface area (Å²) in [6.07, 6.45) is 1.52. The number of nitrogens with zero attached hydrogens (tertiary/aromatic N) is 1. The van der Waals surface area contributed by atoms with Crippen molar-refractivity contribution in [2.24, 2.45) is 0 Å². The number of aryl methyl sites for hydroxylation is 1. The second-order valence-electron chi connectivity index (χ2n) is 7.48. The summed E-state index contributed by atoms with van der Waals surface area (Å²) in [5.41, 5.74) is 3.26. The highest BCUT2D eigenvalue weighted by atomic mass is 32.1. The quantitative estimate of drug-likeness (QED) is 0.337. The van der Waals surface area contributed by atoms with E-state index in [-0.39, 0.29) is 10.7 Å². The van der Waals surface area contributed by atoms with Crippen molar-refractivity contribution >= 4 is 40.9 Å². The SMILES string of the molecule is COc1cc(C=C2C(=O)NC(=S)N(c3ccc(C)cc3)C2=O)ccc1OCc1ccccc1. The van der Waals surface area contributed by atoms with Gasteiger partial charge in [-0.2, -0.15) is 0 Å². The number of hydrogen-bond donors (Lipinski definition) is 1. The molecule has 1 N–H and O–H groups in total. The lowest BCUT2D eigenvalue weighted by atomic mass is 10.1. The molecule has 1 aliphatic rings. The van der Waals surface area contributed by atoms with Crippen LogP contribution in [0.5, 0.6) is 11.5 Å². The van der Waals surface area contributed by atoms with Crippen LogP contribution < -0.4 is 19.7 Å². The Bertz CT molecular complexity index is 1240. The predicted molar refractivity (Wildman–Crippen MR) is 131 cm³/mol. The van der Waals surface area contributed by atoms with Gasteiger partial charge in [0.1, 0.15) is 12.2 Å². The number of amides is 2. The lowest BCUT2D eigenvalue weighted by Gasteiger charge is -2.29. The Morgan fingerprint density at radius 2 is 1.70 bits per heavy atom. The number of thiocarbonyl (C=S) groups is 1. The van der Waals surface area contributed by atoms with Crippen molar-refractivity contribution in [2.45, 2.75) is 13.5 Å². The van der Waals surface area contributed by atoms with Gasteiger partial charge in [0.2, 0.25) is 0 Å². The standard InChI is InChI=1S/C26H22N2O4S/c1-17-8-11-20(12-9-17)28-25(30)21(24(29)27-26(28)33)14-19-10-13-22(23(15-19)31-2)32-16-18-6-4-3-5-7-18/h3-15H,16H2,1-2H3,(H,27,29,33). The average Bonchev–Trinajstić information content (AvgIpc) is 2.82. The Morgan fingerprint density at radius 3 is 2.39 bits per heavy atom. The van der Waals surface area contributed by atoms with Crippen LogP contribution in [0.25, 0.3) is 6.08 Å². The maximum Gasteiger partial charge on any atom is 0.270 e. The molecule has 2 amide bonds. The fourth-order valence-corrected chi connectivity index (χ4v) is 3.66. The van der Waals surface area contributed by atoms with Gasteiger partial charge in [-0.15, -0.1) is 0 Å². The molecule has 0 aromatic heterocycles. The molecule has 1 heterocycles. The minimum Gasteiger partial charge on any atom is -0.493 e. The first-order valence-corrected chi connectivity index (χ1v) is 10.7. The van der Waals surface area contributed by atoms with E-state index >= 15 is 0 Å². The molecule has 33 heavy (non-hydrogen) atoms. The number of carbonyl (C=O) groups excluding carboxylic acids is 2. The first-order chi connectivity index (χ1) is 16.0. The van der Waals surface area contributed by atoms with E-state index in [1.54, 1.807) is 30.3 Å². The number of hydrogen-bond acceptors (Lipinski definition) is 5. The van der Waals surface area contributed by atoms with Crippen molar-refractivity contribution in [1.29, 1.82) is 0 Å². The van der Waals surface area contributed by atoms with Crippen molar-refractivity contribution in [1.82, 2.24) is 5.32 Å². The zero-order chi connectivity index (χ0) is 23.4. The van der Waals surface area contributed by atoms with E-state index < -0.39 is 11.8 Å². The predicted octanol–water partition coefficient (Wildman–Crippen LogP) is 4.41. The molecule has 0 spiro atoms. The van der Waals surface area contributed by atoms with Gasteiger partial charge >= 0.3 is 0 Å². The number of carbonyl (C=O) groups is 2. The van der Waals surface area contributed by atoms with E-state index in [0.29, 0.717) is 29.4 Å². The van der Waals surface area contributed by atoms with Crippen LogP contribution in [0.4, 0.5) is 5.69 Å². The first-order valence-electron chi connectivity index (χ1n) is 10.3. The van der Waals surface area contributed by atoms with Crippen molar-refractivity contribution < 1.29 is 19.1 Å². The molecular formula is C26H22N2O4S. The molecule has 3 aromatic carbocycles. The maximum atomic E-state index is 13.2. The van der Waals surface area contributed by atoms with Gasteiger partial charge in [0.15, 0.2) is 16.6 Å². The molecule has 4 rings (SSSR count). The second-order valence-corrected chi connectivity index (χ2v) is 7.86. The zero-order valence-corrected chi connectivity index (χ0v) is 19.0. The van der Waals surface area contributed by atoms with E-state index in [4.69, 9.17) is 21.7 Å². The number of benzene rings is 3. The van der Waals surface area contributed by atoms with Gasteiger partial charge in [-0.3, -0.25) is 19.8 Å². The molecule has 0 radical (unpaired) electrons. The minimum absolute atomic E-state index is 0.0239. The first kappa shape index (κ1) is 22.2. The fraction of sp³-hybridized carbons (Fsp3) is 0.115. The monoisotopic (exact) mass is 458 g/mol. The van der Waals surface area contributed by atoms with Gasteiger partial charge < -0.3 is 9.47 Å². The highest BCUT2D eigenvalue weighted by molar-refractivity contribution is 7.80. The molecule has 1 fully saturated rings. The number of nitrogens with one attached hydrogen (secondary N) is 1. The molecule has 0 atom stereocenters. The topological polar surface area (TPSA) is 67.9 Å². The van der Waals surface area contributed by atoms with Crippen molar-refractivity contribution in [3.8, 4) is 11.5 Å². The van der Waals surface area contributed by atoms with E-state index in [9.17, 15) is 9.59 Å². The average molecular weight is 459 g/mol. The molecule has 3 aromatic rings. The summed E-state index contributed by atoms with van der Waals surface area (Å²) in [6.45, 7) is 2.34. The summed E-state index contributed by atoms with van der Waals surface area (Å²) in [7, 11) is 1.54. The van der Waals surface area contributed by atoms with Crippen LogP contribution in [0, 0.1) is 6.92 Å². The molecule has 6 nitrogen and oxygen atoms in total. The van der Waals surface area contributed by atoms with Crippen LogP contribution in [0.15, 0.2) is 78.4 Å². The van der Waals surface area contributed by atoms with E-state index in [1.807, 2.05) is 49.4 Å². The molecule has 7 heteroatoms. The third kappa shape index (κ3) is 4.94. The van der Waals surface area contributed by atoms with Crippen LogP contribution in [-0.4, -0.2) is 24.0 Å². The van der Waals surface area contributed by atoms with Crippen LogP contribution >= 0.6 is 12.2 Å². The Labute approximate surface area is 197 Å². The molecular weight excluding hydrogens is 436 g/mol.